The van der Waals surface area contributed by atoms with Crippen LogP contribution < -0.4 is 0 Å². The van der Waals surface area contributed by atoms with Gasteiger partial charge < -0.3 is 33.8 Å². The van der Waals surface area contributed by atoms with Crippen LogP contribution in [0.1, 0.15) is 395 Å². The Bertz CT molecular complexity index is 1870. The molecule has 0 aliphatic carbocycles. The maximum absolute atomic E-state index is 13.1. The molecule has 0 radical (unpaired) electrons. The molecule has 0 aromatic carbocycles. The smallest absolute Gasteiger partial charge is 0.462 e. The van der Waals surface area contributed by atoms with E-state index in [1.165, 1.54) is 205 Å². The largest absolute Gasteiger partial charge is 0.472 e. The highest BCUT2D eigenvalue weighted by Gasteiger charge is 2.30. The number of rotatable bonds is 75. The van der Waals surface area contributed by atoms with Crippen LogP contribution in [0.3, 0.4) is 0 Å². The van der Waals surface area contributed by atoms with Crippen molar-refractivity contribution in [1.29, 1.82) is 0 Å². The lowest BCUT2D eigenvalue weighted by molar-refractivity contribution is -0.161. The van der Waals surface area contributed by atoms with Crippen molar-refractivity contribution < 1.29 is 80.2 Å². The second-order valence-corrected chi connectivity index (χ2v) is 32.1. The maximum atomic E-state index is 13.1. The fraction of sp³-hybridized carbons (Fsp3) is 0.948. The molecule has 0 fully saturated rings. The van der Waals surface area contributed by atoms with Crippen LogP contribution in [0, 0.1) is 17.8 Å². The zero-order chi connectivity index (χ0) is 70.9. The summed E-state index contributed by atoms with van der Waals surface area (Å²) in [6.45, 7) is 11.9. The molecule has 0 saturated carbocycles. The lowest BCUT2D eigenvalue weighted by atomic mass is 10.0. The monoisotopic (exact) mass is 1410 g/mol. The van der Waals surface area contributed by atoms with E-state index in [0.29, 0.717) is 25.7 Å². The van der Waals surface area contributed by atoms with Gasteiger partial charge in [-0.2, -0.15) is 0 Å². The van der Waals surface area contributed by atoms with Crippen molar-refractivity contribution in [2.45, 2.75) is 414 Å². The molecule has 0 bridgehead atoms. The lowest BCUT2D eigenvalue weighted by Gasteiger charge is -2.21. The highest BCUT2D eigenvalue weighted by Crippen LogP contribution is 2.45. The van der Waals surface area contributed by atoms with E-state index < -0.39 is 97.5 Å². The second-order valence-electron chi connectivity index (χ2n) is 29.2. The summed E-state index contributed by atoms with van der Waals surface area (Å²) < 4.78 is 68.6. The molecule has 2 unspecified atom stereocenters. The van der Waals surface area contributed by atoms with Crippen LogP contribution in [0.5, 0.6) is 0 Å². The molecule has 0 spiro atoms. The quantitative estimate of drug-likeness (QED) is 0.0222. The summed E-state index contributed by atoms with van der Waals surface area (Å²) in [5.41, 5.74) is 0. The van der Waals surface area contributed by atoms with Crippen molar-refractivity contribution in [3.63, 3.8) is 0 Å². The third kappa shape index (κ3) is 70.5. The van der Waals surface area contributed by atoms with E-state index >= 15 is 0 Å². The van der Waals surface area contributed by atoms with Crippen molar-refractivity contribution in [1.82, 2.24) is 0 Å². The Morgan fingerprint density at radius 2 is 0.479 bits per heavy atom. The van der Waals surface area contributed by atoms with E-state index in [1.807, 2.05) is 0 Å². The SMILES string of the molecule is CCCCCCCCCCCCC(=O)OC[C@H](COP(=O)(O)OC[C@H](O)COP(=O)(O)OC[C@@H](COC(=O)CCCCCCCCCCCCCCCC(C)C)OC(=O)CCCCCCCCCCCCCCCC(C)C)OC(=O)CCCCCCCCCCCCCC(C)C. The normalized spacial score (nSPS) is 14.1. The van der Waals surface area contributed by atoms with Gasteiger partial charge in [-0.1, -0.05) is 344 Å². The van der Waals surface area contributed by atoms with E-state index in [-0.39, 0.29) is 25.7 Å². The van der Waals surface area contributed by atoms with Crippen molar-refractivity contribution in [3.05, 3.63) is 0 Å². The van der Waals surface area contributed by atoms with Crippen LogP contribution in [0.2, 0.25) is 0 Å². The minimum atomic E-state index is -4.96. The van der Waals surface area contributed by atoms with Gasteiger partial charge in [-0.3, -0.25) is 37.3 Å². The number of ether oxygens (including phenoxy) is 4. The first-order valence-corrected chi connectivity index (χ1v) is 42.8. The molecule has 570 valence electrons. The highest BCUT2D eigenvalue weighted by atomic mass is 31.2. The zero-order valence-electron chi connectivity index (χ0n) is 62.8. The molecule has 0 amide bonds. The fourth-order valence-electron chi connectivity index (χ4n) is 11.8. The van der Waals surface area contributed by atoms with E-state index in [2.05, 4.69) is 48.5 Å². The Kier molecular flexibility index (Phi) is 66.2. The number of aliphatic hydroxyl groups excluding tert-OH is 1. The Balaban J connectivity index is 5.25. The molecular formula is C77H150O17P2. The Morgan fingerprint density at radius 1 is 0.281 bits per heavy atom. The van der Waals surface area contributed by atoms with Crippen molar-refractivity contribution in [2.75, 3.05) is 39.6 Å². The summed E-state index contributed by atoms with van der Waals surface area (Å²) in [6, 6.07) is 0. The predicted octanol–water partition coefficient (Wildman–Crippen LogP) is 22.6. The van der Waals surface area contributed by atoms with Crippen molar-refractivity contribution in [2.24, 2.45) is 17.8 Å². The van der Waals surface area contributed by atoms with E-state index in [4.69, 9.17) is 37.0 Å². The number of phosphoric acid groups is 2. The van der Waals surface area contributed by atoms with Crippen LogP contribution >= 0.6 is 15.6 Å². The number of esters is 4. The van der Waals surface area contributed by atoms with Gasteiger partial charge in [0.1, 0.15) is 19.3 Å². The highest BCUT2D eigenvalue weighted by molar-refractivity contribution is 7.47. The van der Waals surface area contributed by atoms with Gasteiger partial charge in [0.15, 0.2) is 12.2 Å². The molecule has 3 N–H and O–H groups in total. The number of carbonyl (C=O) groups is 4. The average Bonchev–Trinajstić information content (AvgIpc) is 1.14. The van der Waals surface area contributed by atoms with Crippen LogP contribution in [0.4, 0.5) is 0 Å². The topological polar surface area (TPSA) is 237 Å². The molecule has 17 nitrogen and oxygen atoms in total. The number of hydrogen-bond acceptors (Lipinski definition) is 15. The predicted molar refractivity (Wildman–Crippen MR) is 391 cm³/mol. The van der Waals surface area contributed by atoms with Crippen LogP contribution in [0.25, 0.3) is 0 Å². The molecule has 0 aliphatic heterocycles. The van der Waals surface area contributed by atoms with Crippen LogP contribution in [-0.4, -0.2) is 96.7 Å². The van der Waals surface area contributed by atoms with Gasteiger partial charge in [-0.25, -0.2) is 9.13 Å². The summed E-state index contributed by atoms with van der Waals surface area (Å²) in [4.78, 5) is 72.9. The van der Waals surface area contributed by atoms with Gasteiger partial charge in [0.05, 0.1) is 26.4 Å². The number of aliphatic hydroxyl groups is 1. The van der Waals surface area contributed by atoms with E-state index in [1.54, 1.807) is 0 Å². The summed E-state index contributed by atoms with van der Waals surface area (Å²) >= 11 is 0. The van der Waals surface area contributed by atoms with Gasteiger partial charge in [0.2, 0.25) is 0 Å². The number of hydrogen-bond donors (Lipinski definition) is 3. The number of carbonyl (C=O) groups excluding carboxylic acids is 4. The zero-order valence-corrected chi connectivity index (χ0v) is 64.6. The molecular weight excluding hydrogens is 1260 g/mol. The molecule has 96 heavy (non-hydrogen) atoms. The number of unbranched alkanes of at least 4 members (excludes halogenated alkanes) is 43. The standard InChI is InChI=1S/C77H150O17P2/c1-8-9-10-11-12-13-30-37-44-51-58-74(79)87-64-72(94-77(82)61-54-47-40-33-26-20-23-29-36-43-50-57-70(6)7)66-91-95(83,84)89-62-71(78)63-90-96(85,86)92-67-73(93-76(81)60-53-46-39-32-25-19-15-17-22-28-35-42-49-56-69(4)5)65-88-75(80)59-52-45-38-31-24-18-14-16-21-27-34-41-48-55-68(2)3/h68-73,78H,8-67H2,1-7H3,(H,83,84)(H,85,86)/t71-,72+,73+/m0/s1. The van der Waals surface area contributed by atoms with Crippen LogP contribution in [0.15, 0.2) is 0 Å². The first-order valence-electron chi connectivity index (χ1n) is 39.8. The number of phosphoric ester groups is 2. The van der Waals surface area contributed by atoms with Gasteiger partial charge in [-0.15, -0.1) is 0 Å². The molecule has 0 aromatic rings. The molecule has 0 saturated heterocycles. The average molecular weight is 1410 g/mol. The first kappa shape index (κ1) is 94.1. The molecule has 0 heterocycles. The third-order valence-corrected chi connectivity index (χ3v) is 19.8. The minimum Gasteiger partial charge on any atom is -0.462 e. The van der Waals surface area contributed by atoms with E-state index in [0.717, 1.165) is 108 Å². The van der Waals surface area contributed by atoms with Gasteiger partial charge >= 0.3 is 39.5 Å². The summed E-state index contributed by atoms with van der Waals surface area (Å²) in [6.07, 6.45) is 54.0. The molecule has 0 aromatic heterocycles. The Labute approximate surface area is 588 Å². The maximum Gasteiger partial charge on any atom is 0.472 e. The molecule has 0 aliphatic rings. The van der Waals surface area contributed by atoms with Gasteiger partial charge in [0, 0.05) is 25.7 Å². The summed E-state index contributed by atoms with van der Waals surface area (Å²) in [7, 11) is -9.91. The fourth-order valence-corrected chi connectivity index (χ4v) is 13.4. The molecule has 5 atom stereocenters. The van der Waals surface area contributed by atoms with E-state index in [9.17, 15) is 43.2 Å². The van der Waals surface area contributed by atoms with Crippen molar-refractivity contribution in [3.8, 4) is 0 Å². The lowest BCUT2D eigenvalue weighted by Crippen LogP contribution is -2.30. The molecule has 0 rings (SSSR count). The molecule has 19 heteroatoms. The first-order chi connectivity index (χ1) is 46.2. The summed E-state index contributed by atoms with van der Waals surface area (Å²) in [5, 5.41) is 10.6. The van der Waals surface area contributed by atoms with Crippen molar-refractivity contribution >= 4 is 39.5 Å². The van der Waals surface area contributed by atoms with Gasteiger partial charge in [-0.05, 0) is 43.4 Å². The Hall–Kier alpha value is -1.94. The van der Waals surface area contributed by atoms with Gasteiger partial charge in [0.25, 0.3) is 0 Å². The summed E-state index contributed by atoms with van der Waals surface area (Å²) in [5.74, 6) is 0.228. The minimum absolute atomic E-state index is 0.106. The Morgan fingerprint density at radius 3 is 0.708 bits per heavy atom. The second kappa shape index (κ2) is 67.5. The third-order valence-electron chi connectivity index (χ3n) is 17.9. The van der Waals surface area contributed by atoms with Crippen LogP contribution in [-0.2, 0) is 65.4 Å².